The van der Waals surface area contributed by atoms with Crippen molar-refractivity contribution in [3.63, 3.8) is 0 Å². The van der Waals surface area contributed by atoms with E-state index in [1.165, 1.54) is 27.8 Å². The molecule has 1 aromatic heterocycles. The van der Waals surface area contributed by atoms with Crippen LogP contribution in [0.4, 0.5) is 11.4 Å². The third kappa shape index (κ3) is 3.90. The third-order valence-electron chi connectivity index (χ3n) is 7.12. The van der Waals surface area contributed by atoms with Crippen LogP contribution in [-0.4, -0.2) is 27.9 Å². The zero-order valence-electron chi connectivity index (χ0n) is 19.0. The molecule has 0 fully saturated rings. The number of nitro benzene ring substituents is 1. The van der Waals surface area contributed by atoms with Gasteiger partial charge in [0.1, 0.15) is 0 Å². The van der Waals surface area contributed by atoms with Gasteiger partial charge in [0.25, 0.3) is 5.69 Å². The van der Waals surface area contributed by atoms with Crippen LogP contribution in [0, 0.1) is 10.1 Å². The van der Waals surface area contributed by atoms with Crippen molar-refractivity contribution in [1.29, 1.82) is 0 Å². The molecule has 0 atom stereocenters. The summed E-state index contributed by atoms with van der Waals surface area (Å²) in [5.41, 5.74) is 8.68. The van der Waals surface area contributed by atoms with Crippen LogP contribution in [0.3, 0.4) is 0 Å². The fourth-order valence-corrected chi connectivity index (χ4v) is 5.31. The summed E-state index contributed by atoms with van der Waals surface area (Å²) < 4.78 is 0. The van der Waals surface area contributed by atoms with Crippen molar-refractivity contribution in [2.24, 2.45) is 0 Å². The normalized spacial score (nSPS) is 15.4. The predicted molar refractivity (Wildman–Crippen MR) is 134 cm³/mol. The second-order valence-electron chi connectivity index (χ2n) is 9.25. The largest absolute Gasteiger partial charge is 0.367 e. The molecule has 0 radical (unpaired) electrons. The second kappa shape index (κ2) is 8.54. The SMILES string of the molecule is O=[N+]([O-])c1ccc2c(c1)CN(c1cccc3c1CN(CCc1ccc4ccccc4n1)C3)CC2. The number of hydrogen-bond acceptors (Lipinski definition) is 5. The Morgan fingerprint density at radius 1 is 0.882 bits per heavy atom. The van der Waals surface area contributed by atoms with Crippen molar-refractivity contribution in [1.82, 2.24) is 9.88 Å². The van der Waals surface area contributed by atoms with Gasteiger partial charge in [0.2, 0.25) is 0 Å². The number of rotatable bonds is 5. The van der Waals surface area contributed by atoms with Gasteiger partial charge in [-0.2, -0.15) is 0 Å². The Morgan fingerprint density at radius 3 is 2.71 bits per heavy atom. The van der Waals surface area contributed by atoms with E-state index in [1.54, 1.807) is 12.1 Å². The molecule has 2 aliphatic rings. The Morgan fingerprint density at radius 2 is 1.79 bits per heavy atom. The summed E-state index contributed by atoms with van der Waals surface area (Å²) >= 11 is 0. The van der Waals surface area contributed by atoms with Crippen molar-refractivity contribution < 1.29 is 4.92 Å². The summed E-state index contributed by atoms with van der Waals surface area (Å²) in [6.45, 7) is 4.50. The van der Waals surface area contributed by atoms with Crippen LogP contribution < -0.4 is 4.90 Å². The maximum atomic E-state index is 11.2. The molecular weight excluding hydrogens is 424 g/mol. The molecule has 0 saturated heterocycles. The van der Waals surface area contributed by atoms with Gasteiger partial charge in [-0.1, -0.05) is 42.5 Å². The quantitative estimate of drug-likeness (QED) is 0.306. The van der Waals surface area contributed by atoms with Gasteiger partial charge in [-0.05, 0) is 46.9 Å². The zero-order valence-corrected chi connectivity index (χ0v) is 19.0. The molecule has 6 heteroatoms. The van der Waals surface area contributed by atoms with E-state index in [1.807, 2.05) is 18.2 Å². The Bertz CT molecular complexity index is 1400. The lowest BCUT2D eigenvalue weighted by Gasteiger charge is -2.32. The van der Waals surface area contributed by atoms with Crippen molar-refractivity contribution in [3.05, 3.63) is 111 Å². The van der Waals surface area contributed by atoms with Crippen molar-refractivity contribution in [2.75, 3.05) is 18.0 Å². The molecule has 0 aliphatic carbocycles. The number of anilines is 1. The highest BCUT2D eigenvalue weighted by atomic mass is 16.6. The highest BCUT2D eigenvalue weighted by Crippen LogP contribution is 2.35. The van der Waals surface area contributed by atoms with Crippen LogP contribution in [0.1, 0.15) is 27.9 Å². The molecule has 0 unspecified atom stereocenters. The maximum absolute atomic E-state index is 11.2. The number of nitrogens with zero attached hydrogens (tertiary/aromatic N) is 4. The van der Waals surface area contributed by atoms with Crippen molar-refractivity contribution >= 4 is 22.3 Å². The summed E-state index contributed by atoms with van der Waals surface area (Å²) in [5, 5.41) is 12.4. The van der Waals surface area contributed by atoms with E-state index in [-0.39, 0.29) is 10.6 Å². The highest BCUT2D eigenvalue weighted by Gasteiger charge is 2.26. The van der Waals surface area contributed by atoms with E-state index >= 15 is 0 Å². The highest BCUT2D eigenvalue weighted by molar-refractivity contribution is 5.78. The lowest BCUT2D eigenvalue weighted by molar-refractivity contribution is -0.384. The molecule has 34 heavy (non-hydrogen) atoms. The van der Waals surface area contributed by atoms with E-state index in [0.29, 0.717) is 6.54 Å². The first-order valence-corrected chi connectivity index (χ1v) is 11.8. The Kier molecular flexibility index (Phi) is 5.23. The molecule has 3 heterocycles. The molecule has 0 spiro atoms. The number of aromatic nitrogens is 1. The van der Waals surface area contributed by atoms with Crippen LogP contribution in [0.5, 0.6) is 0 Å². The van der Waals surface area contributed by atoms with E-state index in [2.05, 4.69) is 52.3 Å². The molecule has 0 N–H and O–H groups in total. The summed E-state index contributed by atoms with van der Waals surface area (Å²) in [4.78, 5) is 20.7. The van der Waals surface area contributed by atoms with Gasteiger partial charge in [0, 0.05) is 68.0 Å². The Hall–Kier alpha value is -3.77. The molecule has 0 saturated carbocycles. The summed E-state index contributed by atoms with van der Waals surface area (Å²) in [6.07, 6.45) is 1.84. The lowest BCUT2D eigenvalue weighted by Crippen LogP contribution is -2.31. The Balaban J connectivity index is 1.17. The number of para-hydroxylation sites is 1. The smallest absolute Gasteiger partial charge is 0.269 e. The molecule has 170 valence electrons. The van der Waals surface area contributed by atoms with Gasteiger partial charge >= 0.3 is 0 Å². The number of non-ortho nitro benzene ring substituents is 1. The number of benzene rings is 3. The van der Waals surface area contributed by atoms with Crippen LogP contribution >= 0.6 is 0 Å². The lowest BCUT2D eigenvalue weighted by atomic mass is 9.97. The first-order valence-electron chi connectivity index (χ1n) is 11.8. The predicted octanol–water partition coefficient (Wildman–Crippen LogP) is 5.26. The second-order valence-corrected chi connectivity index (χ2v) is 9.25. The number of nitro groups is 1. The minimum atomic E-state index is -0.304. The third-order valence-corrected chi connectivity index (χ3v) is 7.12. The van der Waals surface area contributed by atoms with Crippen LogP contribution in [-0.2, 0) is 32.5 Å². The average Bonchev–Trinajstić information content (AvgIpc) is 3.30. The zero-order chi connectivity index (χ0) is 23.1. The van der Waals surface area contributed by atoms with E-state index in [0.717, 1.165) is 55.8 Å². The van der Waals surface area contributed by atoms with Gasteiger partial charge < -0.3 is 4.90 Å². The maximum Gasteiger partial charge on any atom is 0.269 e. The van der Waals surface area contributed by atoms with E-state index in [9.17, 15) is 10.1 Å². The van der Waals surface area contributed by atoms with Crippen molar-refractivity contribution in [3.8, 4) is 0 Å². The van der Waals surface area contributed by atoms with Crippen molar-refractivity contribution in [2.45, 2.75) is 32.5 Å². The average molecular weight is 451 g/mol. The molecule has 6 nitrogen and oxygen atoms in total. The van der Waals surface area contributed by atoms with Gasteiger partial charge in [-0.3, -0.25) is 20.0 Å². The Labute approximate surface area is 198 Å². The standard InChI is InChI=1S/C28H26N4O2/c33-32(34)25-11-9-20-12-15-31(18-23(20)16-25)28-7-3-5-22-17-30(19-26(22)28)14-13-24-10-8-21-4-1-2-6-27(21)29-24/h1-11,16H,12-15,17-19H2. The summed E-state index contributed by atoms with van der Waals surface area (Å²) in [5.74, 6) is 0. The molecule has 6 rings (SSSR count). The topological polar surface area (TPSA) is 62.5 Å². The molecule has 0 amide bonds. The molecule has 4 aromatic rings. The van der Waals surface area contributed by atoms with E-state index < -0.39 is 0 Å². The fourth-order valence-electron chi connectivity index (χ4n) is 5.31. The van der Waals surface area contributed by atoms with Gasteiger partial charge in [-0.25, -0.2) is 0 Å². The fraction of sp³-hybridized carbons (Fsp3) is 0.250. The summed E-state index contributed by atoms with van der Waals surface area (Å²) in [6, 6.07) is 24.4. The number of fused-ring (bicyclic) bond motifs is 3. The molecule has 2 aliphatic heterocycles. The van der Waals surface area contributed by atoms with Crippen LogP contribution in [0.25, 0.3) is 10.9 Å². The minimum Gasteiger partial charge on any atom is -0.367 e. The van der Waals surface area contributed by atoms with Crippen LogP contribution in [0.2, 0.25) is 0 Å². The molecule has 0 bridgehead atoms. The minimum absolute atomic E-state index is 0.173. The molecular formula is C28H26N4O2. The molecule has 3 aromatic carbocycles. The number of hydrogen-bond donors (Lipinski definition) is 0. The summed E-state index contributed by atoms with van der Waals surface area (Å²) in [7, 11) is 0. The first kappa shape index (κ1) is 20.8. The first-order chi connectivity index (χ1) is 16.6. The van der Waals surface area contributed by atoms with Gasteiger partial charge in [-0.15, -0.1) is 0 Å². The van der Waals surface area contributed by atoms with E-state index in [4.69, 9.17) is 4.98 Å². The van der Waals surface area contributed by atoms with Gasteiger partial charge in [0.15, 0.2) is 0 Å². The monoisotopic (exact) mass is 450 g/mol. The van der Waals surface area contributed by atoms with Gasteiger partial charge in [0.05, 0.1) is 10.4 Å². The van der Waals surface area contributed by atoms with Crippen LogP contribution in [0.15, 0.2) is 72.8 Å². The number of pyridine rings is 1.